The second-order valence-corrected chi connectivity index (χ2v) is 6.83. The Morgan fingerprint density at radius 3 is 1.53 bits per heavy atom. The third kappa shape index (κ3) is 2.74. The van der Waals surface area contributed by atoms with E-state index < -0.39 is 9.52 Å². The third-order valence-electron chi connectivity index (χ3n) is 3.06. The van der Waals surface area contributed by atoms with E-state index in [1.54, 1.807) is 0 Å². The average Bonchev–Trinajstić information content (AvgIpc) is 2.27. The van der Waals surface area contributed by atoms with Crippen molar-refractivity contribution in [3.8, 4) is 0 Å². The Hall–Kier alpha value is -0.763. The van der Waals surface area contributed by atoms with E-state index in [9.17, 15) is 0 Å². The quantitative estimate of drug-likeness (QED) is 0.743. The largest absolute Gasteiger partial charge is 0.0920 e. The van der Waals surface area contributed by atoms with Crippen molar-refractivity contribution < 1.29 is 0 Å². The zero-order valence-corrected chi connectivity index (χ0v) is 12.9. The highest BCUT2D eigenvalue weighted by molar-refractivity contribution is 6.73. The van der Waals surface area contributed by atoms with Gasteiger partial charge >= 0.3 is 0 Å². The molecule has 17 heavy (non-hydrogen) atoms. The smallest absolute Gasteiger partial charge is 0.0845 e. The van der Waals surface area contributed by atoms with Gasteiger partial charge in [-0.2, -0.15) is 0 Å². The Morgan fingerprint density at radius 1 is 0.765 bits per heavy atom. The second kappa shape index (κ2) is 5.26. The Morgan fingerprint density at radius 2 is 1.18 bits per heavy atom. The van der Waals surface area contributed by atoms with E-state index in [2.05, 4.69) is 26.0 Å². The van der Waals surface area contributed by atoms with Crippen molar-refractivity contribution >= 4 is 43.1 Å². The molecular formula is C14H14Cl2Si. The van der Waals surface area contributed by atoms with Gasteiger partial charge in [-0.3, -0.25) is 0 Å². The predicted octanol–water partition coefficient (Wildman–Crippen LogP) is 2.73. The van der Waals surface area contributed by atoms with Crippen LogP contribution in [0.2, 0.25) is 10.0 Å². The molecule has 0 radical (unpaired) electrons. The van der Waals surface area contributed by atoms with E-state index >= 15 is 0 Å². The molecule has 0 N–H and O–H groups in total. The molecule has 0 atom stereocenters. The molecule has 0 aliphatic carbocycles. The standard InChI is InChI=1S/C14H14Cl2Si/c1-9-5-3-7-11(15)13(9)17-14-10(2)6-4-8-12(14)16/h3-8H,17H2,1-2H3. The summed E-state index contributed by atoms with van der Waals surface area (Å²) in [6.45, 7) is 4.22. The van der Waals surface area contributed by atoms with Crippen LogP contribution in [0.4, 0.5) is 0 Å². The number of hydrogen-bond donors (Lipinski definition) is 0. The Labute approximate surface area is 114 Å². The highest BCUT2D eigenvalue weighted by Crippen LogP contribution is 2.10. The van der Waals surface area contributed by atoms with E-state index in [-0.39, 0.29) is 0 Å². The summed E-state index contributed by atoms with van der Waals surface area (Å²) in [7, 11) is -0.614. The first kappa shape index (κ1) is 12.7. The van der Waals surface area contributed by atoms with Gasteiger partial charge in [0.1, 0.15) is 0 Å². The van der Waals surface area contributed by atoms with Gasteiger partial charge in [0, 0.05) is 10.0 Å². The van der Waals surface area contributed by atoms with E-state index in [0.717, 1.165) is 10.0 Å². The fourth-order valence-electron chi connectivity index (χ4n) is 1.96. The molecule has 0 nitrogen and oxygen atoms in total. The van der Waals surface area contributed by atoms with Gasteiger partial charge in [-0.25, -0.2) is 0 Å². The first-order valence-corrected chi connectivity index (χ1v) is 7.74. The van der Waals surface area contributed by atoms with Gasteiger partial charge in [0.2, 0.25) is 0 Å². The maximum atomic E-state index is 6.28. The first-order valence-electron chi connectivity index (χ1n) is 5.57. The molecule has 0 amide bonds. The molecule has 0 fully saturated rings. The molecule has 0 saturated heterocycles. The third-order valence-corrected chi connectivity index (χ3v) is 6.80. The lowest BCUT2D eigenvalue weighted by molar-refractivity contribution is 1.50. The Kier molecular flexibility index (Phi) is 3.92. The second-order valence-electron chi connectivity index (χ2n) is 4.25. The van der Waals surface area contributed by atoms with Crippen LogP contribution in [0.1, 0.15) is 11.1 Å². The van der Waals surface area contributed by atoms with Gasteiger partial charge < -0.3 is 0 Å². The van der Waals surface area contributed by atoms with Crippen molar-refractivity contribution in [1.29, 1.82) is 0 Å². The minimum Gasteiger partial charge on any atom is -0.0845 e. The highest BCUT2D eigenvalue weighted by Gasteiger charge is 2.10. The Balaban J connectivity index is 2.45. The molecular weight excluding hydrogens is 267 g/mol. The maximum absolute atomic E-state index is 6.28. The molecule has 0 saturated carbocycles. The molecule has 3 heteroatoms. The van der Waals surface area contributed by atoms with Crippen molar-refractivity contribution in [3.05, 3.63) is 57.6 Å². The van der Waals surface area contributed by atoms with Crippen LogP contribution in [0, 0.1) is 13.8 Å². The molecule has 2 aromatic carbocycles. The zero-order chi connectivity index (χ0) is 12.4. The summed E-state index contributed by atoms with van der Waals surface area (Å²) in [6.07, 6.45) is 0. The fraction of sp³-hybridized carbons (Fsp3) is 0.143. The predicted molar refractivity (Wildman–Crippen MR) is 80.2 cm³/mol. The van der Waals surface area contributed by atoms with E-state index in [0.29, 0.717) is 0 Å². The van der Waals surface area contributed by atoms with E-state index in [1.165, 1.54) is 21.5 Å². The van der Waals surface area contributed by atoms with Gasteiger partial charge in [0.25, 0.3) is 0 Å². The molecule has 0 aliphatic heterocycles. The van der Waals surface area contributed by atoms with Gasteiger partial charge in [-0.05, 0) is 36.4 Å². The number of hydrogen-bond acceptors (Lipinski definition) is 0. The van der Waals surface area contributed by atoms with Gasteiger partial charge in [0.15, 0.2) is 0 Å². The minimum atomic E-state index is -0.614. The lowest BCUT2D eigenvalue weighted by atomic mass is 10.2. The highest BCUT2D eigenvalue weighted by atomic mass is 35.5. The molecule has 2 rings (SSSR count). The van der Waals surface area contributed by atoms with Crippen LogP contribution in [0.5, 0.6) is 0 Å². The average molecular weight is 281 g/mol. The van der Waals surface area contributed by atoms with Crippen molar-refractivity contribution in [3.63, 3.8) is 0 Å². The molecule has 0 bridgehead atoms. The Bertz CT molecular complexity index is 460. The topological polar surface area (TPSA) is 0 Å². The summed E-state index contributed by atoms with van der Waals surface area (Å²) in [4.78, 5) is 0. The maximum Gasteiger partial charge on any atom is 0.0920 e. The summed E-state index contributed by atoms with van der Waals surface area (Å²) in [5.41, 5.74) is 2.53. The molecule has 0 unspecified atom stereocenters. The molecule has 0 aromatic heterocycles. The van der Waals surface area contributed by atoms with Gasteiger partial charge in [-0.15, -0.1) is 0 Å². The van der Waals surface area contributed by atoms with Crippen LogP contribution in [-0.4, -0.2) is 9.52 Å². The number of benzene rings is 2. The van der Waals surface area contributed by atoms with Gasteiger partial charge in [0.05, 0.1) is 9.52 Å². The van der Waals surface area contributed by atoms with Crippen LogP contribution in [0.3, 0.4) is 0 Å². The van der Waals surface area contributed by atoms with Crippen LogP contribution in [0.15, 0.2) is 36.4 Å². The van der Waals surface area contributed by atoms with Crippen LogP contribution in [-0.2, 0) is 0 Å². The summed E-state index contributed by atoms with van der Waals surface area (Å²) in [6, 6.07) is 12.1. The van der Waals surface area contributed by atoms with Crippen molar-refractivity contribution in [2.75, 3.05) is 0 Å². The monoisotopic (exact) mass is 280 g/mol. The number of aryl methyl sites for hydroxylation is 2. The summed E-state index contributed by atoms with van der Waals surface area (Å²) >= 11 is 12.6. The van der Waals surface area contributed by atoms with E-state index in [1.807, 2.05) is 24.3 Å². The van der Waals surface area contributed by atoms with Crippen LogP contribution >= 0.6 is 23.2 Å². The van der Waals surface area contributed by atoms with E-state index in [4.69, 9.17) is 23.2 Å². The summed E-state index contributed by atoms with van der Waals surface area (Å²) in [5, 5.41) is 4.34. The lowest BCUT2D eigenvalue weighted by Crippen LogP contribution is -2.32. The summed E-state index contributed by atoms with van der Waals surface area (Å²) < 4.78 is 0. The fourth-order valence-corrected chi connectivity index (χ4v) is 4.52. The van der Waals surface area contributed by atoms with Crippen LogP contribution in [0.25, 0.3) is 0 Å². The van der Waals surface area contributed by atoms with Crippen molar-refractivity contribution in [1.82, 2.24) is 0 Å². The number of halogens is 2. The molecule has 0 heterocycles. The summed E-state index contributed by atoms with van der Waals surface area (Å²) in [5.74, 6) is 0. The normalized spacial score (nSPS) is 10.6. The molecule has 88 valence electrons. The van der Waals surface area contributed by atoms with Crippen molar-refractivity contribution in [2.45, 2.75) is 13.8 Å². The lowest BCUT2D eigenvalue weighted by Gasteiger charge is -2.11. The van der Waals surface area contributed by atoms with Gasteiger partial charge in [-0.1, -0.05) is 58.6 Å². The minimum absolute atomic E-state index is 0.614. The molecule has 0 aliphatic rings. The SMILES string of the molecule is Cc1cccc(Cl)c1[SiH2]c1c(C)cccc1Cl. The molecule has 0 spiro atoms. The van der Waals surface area contributed by atoms with Crippen molar-refractivity contribution in [2.24, 2.45) is 0 Å². The molecule has 2 aromatic rings. The first-order chi connectivity index (χ1) is 8.09. The van der Waals surface area contributed by atoms with Crippen LogP contribution < -0.4 is 10.4 Å². The number of rotatable bonds is 2. The zero-order valence-electron chi connectivity index (χ0n) is 9.93.